The van der Waals surface area contributed by atoms with Crippen LogP contribution in [0.5, 0.6) is 0 Å². The number of hydrogen-bond acceptors (Lipinski definition) is 2. The molecule has 3 nitrogen and oxygen atoms in total. The molecule has 0 aliphatic carbocycles. The third-order valence-electron chi connectivity index (χ3n) is 3.10. The second-order valence-electron chi connectivity index (χ2n) is 4.76. The van der Waals surface area contributed by atoms with Gasteiger partial charge in [0.15, 0.2) is 5.96 Å². The highest BCUT2D eigenvalue weighted by Crippen LogP contribution is 2.16. The number of guanidine groups is 1. The van der Waals surface area contributed by atoms with Crippen molar-refractivity contribution in [2.75, 3.05) is 6.54 Å². The zero-order chi connectivity index (χ0) is 14.9. The van der Waals surface area contributed by atoms with Crippen molar-refractivity contribution in [2.45, 2.75) is 33.4 Å². The van der Waals surface area contributed by atoms with Crippen molar-refractivity contribution in [3.63, 3.8) is 0 Å². The Bertz CT molecular complexity index is 560. The molecule has 0 bridgehead atoms. The van der Waals surface area contributed by atoms with E-state index in [4.69, 9.17) is 0 Å². The molecule has 0 saturated carbocycles. The van der Waals surface area contributed by atoms with Crippen LogP contribution in [0, 0.1) is 0 Å². The molecule has 2 rings (SSSR count). The zero-order valence-corrected chi connectivity index (χ0v) is 13.5. The van der Waals surface area contributed by atoms with Crippen molar-refractivity contribution in [3.8, 4) is 0 Å². The average Bonchev–Trinajstić information content (AvgIpc) is 2.99. The molecule has 2 N–H and O–H groups in total. The summed E-state index contributed by atoms with van der Waals surface area (Å²) in [5.74, 6) is 0.868. The van der Waals surface area contributed by atoms with Crippen molar-refractivity contribution in [2.24, 2.45) is 4.99 Å². The first kappa shape index (κ1) is 15.6. The van der Waals surface area contributed by atoms with Gasteiger partial charge in [-0.3, -0.25) is 0 Å². The van der Waals surface area contributed by atoms with Gasteiger partial charge in [-0.15, -0.1) is 11.3 Å². The maximum Gasteiger partial charge on any atom is 0.191 e. The van der Waals surface area contributed by atoms with Gasteiger partial charge in [-0.25, -0.2) is 4.99 Å². The highest BCUT2D eigenvalue weighted by Gasteiger charge is 2.01. The van der Waals surface area contributed by atoms with Gasteiger partial charge in [0.1, 0.15) is 0 Å². The first-order valence-electron chi connectivity index (χ1n) is 7.45. The maximum atomic E-state index is 4.62. The first-order valence-corrected chi connectivity index (χ1v) is 8.27. The van der Waals surface area contributed by atoms with Crippen LogP contribution in [-0.4, -0.2) is 12.5 Å². The summed E-state index contributed by atoms with van der Waals surface area (Å²) in [5.41, 5.74) is 1.22. The van der Waals surface area contributed by atoms with Crippen LogP contribution >= 0.6 is 11.3 Å². The lowest BCUT2D eigenvalue weighted by atomic mass is 10.2. The standard InChI is InChI=1S/C17H23N3S/c1-3-15-10-11-16(21-15)13-20-17(18-4-2)19-12-14-8-6-5-7-9-14/h5-11H,3-4,12-13H2,1-2H3,(H2,18,19,20). The molecule has 1 heterocycles. The third kappa shape index (κ3) is 5.23. The van der Waals surface area contributed by atoms with Gasteiger partial charge in [0.2, 0.25) is 0 Å². The van der Waals surface area contributed by atoms with E-state index < -0.39 is 0 Å². The third-order valence-corrected chi connectivity index (χ3v) is 4.33. The number of aryl methyl sites for hydroxylation is 1. The lowest BCUT2D eigenvalue weighted by Crippen LogP contribution is -2.36. The second kappa shape index (κ2) is 8.47. The van der Waals surface area contributed by atoms with E-state index in [9.17, 15) is 0 Å². The van der Waals surface area contributed by atoms with Crippen molar-refractivity contribution in [3.05, 3.63) is 57.8 Å². The average molecular weight is 301 g/mol. The molecule has 0 fully saturated rings. The van der Waals surface area contributed by atoms with Gasteiger partial charge in [0.05, 0.1) is 13.1 Å². The molecule has 4 heteroatoms. The largest absolute Gasteiger partial charge is 0.357 e. The number of nitrogens with zero attached hydrogens (tertiary/aromatic N) is 1. The summed E-state index contributed by atoms with van der Waals surface area (Å²) >= 11 is 1.86. The van der Waals surface area contributed by atoms with Gasteiger partial charge in [-0.1, -0.05) is 37.3 Å². The lowest BCUT2D eigenvalue weighted by Gasteiger charge is -2.10. The van der Waals surface area contributed by atoms with E-state index >= 15 is 0 Å². The smallest absolute Gasteiger partial charge is 0.191 e. The number of hydrogen-bond donors (Lipinski definition) is 2. The van der Waals surface area contributed by atoms with E-state index in [1.54, 1.807) is 0 Å². The minimum Gasteiger partial charge on any atom is -0.357 e. The molecule has 0 spiro atoms. The van der Waals surface area contributed by atoms with E-state index in [0.717, 1.165) is 25.5 Å². The van der Waals surface area contributed by atoms with Crippen LogP contribution in [-0.2, 0) is 19.5 Å². The molecule has 112 valence electrons. The Morgan fingerprint density at radius 2 is 1.76 bits per heavy atom. The van der Waals surface area contributed by atoms with E-state index in [1.165, 1.54) is 15.3 Å². The number of rotatable bonds is 6. The Hall–Kier alpha value is -1.81. The molecule has 2 aromatic rings. The van der Waals surface area contributed by atoms with Gasteiger partial charge in [0.25, 0.3) is 0 Å². The predicted octanol–water partition coefficient (Wildman–Crippen LogP) is 3.57. The molecule has 0 saturated heterocycles. The van der Waals surface area contributed by atoms with Gasteiger partial charge in [-0.05, 0) is 31.0 Å². The summed E-state index contributed by atoms with van der Waals surface area (Å²) in [6.07, 6.45) is 1.10. The molecule has 21 heavy (non-hydrogen) atoms. The molecular formula is C17H23N3S. The van der Waals surface area contributed by atoms with Crippen LogP contribution < -0.4 is 10.6 Å². The fraction of sp³-hybridized carbons (Fsp3) is 0.353. The summed E-state index contributed by atoms with van der Waals surface area (Å²) in [5, 5.41) is 6.68. The molecule has 0 aliphatic heterocycles. The molecular weight excluding hydrogens is 278 g/mol. The summed E-state index contributed by atoms with van der Waals surface area (Å²) in [6, 6.07) is 14.7. The van der Waals surface area contributed by atoms with Crippen LogP contribution in [0.4, 0.5) is 0 Å². The minimum atomic E-state index is 0.695. The minimum absolute atomic E-state index is 0.695. The van der Waals surface area contributed by atoms with E-state index in [1.807, 2.05) is 29.5 Å². The lowest BCUT2D eigenvalue weighted by molar-refractivity contribution is 0.823. The monoisotopic (exact) mass is 301 g/mol. The topological polar surface area (TPSA) is 36.4 Å². The second-order valence-corrected chi connectivity index (χ2v) is 6.01. The molecule has 0 radical (unpaired) electrons. The van der Waals surface area contributed by atoms with E-state index in [-0.39, 0.29) is 0 Å². The van der Waals surface area contributed by atoms with Crippen LogP contribution in [0.15, 0.2) is 47.5 Å². The molecule has 0 aliphatic rings. The van der Waals surface area contributed by atoms with E-state index in [0.29, 0.717) is 6.54 Å². The Morgan fingerprint density at radius 1 is 1.00 bits per heavy atom. The molecule has 1 aromatic carbocycles. The summed E-state index contributed by atoms with van der Waals surface area (Å²) in [4.78, 5) is 7.40. The highest BCUT2D eigenvalue weighted by molar-refractivity contribution is 7.11. The van der Waals surface area contributed by atoms with Crippen LogP contribution in [0.2, 0.25) is 0 Å². The molecule has 0 unspecified atom stereocenters. The molecule has 0 amide bonds. The van der Waals surface area contributed by atoms with Crippen LogP contribution in [0.3, 0.4) is 0 Å². The van der Waals surface area contributed by atoms with Crippen LogP contribution in [0.25, 0.3) is 0 Å². The zero-order valence-electron chi connectivity index (χ0n) is 12.7. The summed E-state index contributed by atoms with van der Waals surface area (Å²) in [7, 11) is 0. The number of aliphatic imine (C=N–C) groups is 1. The maximum absolute atomic E-state index is 4.62. The van der Waals surface area contributed by atoms with Crippen molar-refractivity contribution < 1.29 is 0 Å². The Morgan fingerprint density at radius 3 is 2.43 bits per heavy atom. The molecule has 1 aromatic heterocycles. The normalized spacial score (nSPS) is 11.4. The van der Waals surface area contributed by atoms with Crippen molar-refractivity contribution >= 4 is 17.3 Å². The van der Waals surface area contributed by atoms with Crippen LogP contribution in [0.1, 0.15) is 29.2 Å². The molecule has 0 atom stereocenters. The van der Waals surface area contributed by atoms with Gasteiger partial charge < -0.3 is 10.6 Å². The number of benzene rings is 1. The fourth-order valence-corrected chi connectivity index (χ4v) is 2.87. The number of thiophene rings is 1. The first-order chi connectivity index (χ1) is 10.3. The summed E-state index contributed by atoms with van der Waals surface area (Å²) in [6.45, 7) is 6.66. The van der Waals surface area contributed by atoms with Gasteiger partial charge in [0, 0.05) is 16.3 Å². The summed E-state index contributed by atoms with van der Waals surface area (Å²) < 4.78 is 0. The van der Waals surface area contributed by atoms with Crippen molar-refractivity contribution in [1.82, 2.24) is 10.6 Å². The quantitative estimate of drug-likeness (QED) is 0.632. The Labute approximate surface area is 131 Å². The fourth-order valence-electron chi connectivity index (χ4n) is 1.97. The predicted molar refractivity (Wildman–Crippen MR) is 91.8 cm³/mol. The Balaban J connectivity index is 1.91. The van der Waals surface area contributed by atoms with Gasteiger partial charge in [-0.2, -0.15) is 0 Å². The van der Waals surface area contributed by atoms with Gasteiger partial charge >= 0.3 is 0 Å². The van der Waals surface area contributed by atoms with E-state index in [2.05, 4.69) is 53.7 Å². The van der Waals surface area contributed by atoms with Crippen molar-refractivity contribution in [1.29, 1.82) is 0 Å². The number of nitrogens with one attached hydrogen (secondary N) is 2. The Kier molecular flexibility index (Phi) is 6.28. The SMILES string of the molecule is CCNC(=NCc1ccccc1)NCc1ccc(CC)s1. The highest BCUT2D eigenvalue weighted by atomic mass is 32.1.